The Morgan fingerprint density at radius 3 is 2.55 bits per heavy atom. The molecule has 1 aliphatic rings. The van der Waals surface area contributed by atoms with Crippen LogP contribution < -0.4 is 0 Å². The van der Waals surface area contributed by atoms with E-state index in [9.17, 15) is 8.42 Å². The number of nitrogens with zero attached hydrogens (tertiary/aromatic N) is 3. The minimum Gasteiger partial charge on any atom is -0.264 e. The van der Waals surface area contributed by atoms with Crippen LogP contribution >= 0.6 is 11.3 Å². The summed E-state index contributed by atoms with van der Waals surface area (Å²) < 4.78 is 27.1. The summed E-state index contributed by atoms with van der Waals surface area (Å²) in [6.45, 7) is 5.01. The van der Waals surface area contributed by atoms with E-state index < -0.39 is 10.0 Å². The van der Waals surface area contributed by atoms with E-state index in [4.69, 9.17) is 0 Å². The number of thiazole rings is 1. The van der Waals surface area contributed by atoms with Crippen molar-refractivity contribution in [1.29, 1.82) is 0 Å². The molecule has 0 spiro atoms. The average Bonchev–Trinajstić information content (AvgIpc) is 2.95. The van der Waals surface area contributed by atoms with E-state index in [1.54, 1.807) is 4.31 Å². The Labute approximate surface area is 135 Å². The van der Waals surface area contributed by atoms with Gasteiger partial charge in [-0.15, -0.1) is 11.3 Å². The van der Waals surface area contributed by atoms with E-state index in [1.165, 1.54) is 28.7 Å². The summed E-state index contributed by atoms with van der Waals surface area (Å²) in [7, 11) is -3.38. The second kappa shape index (κ2) is 6.06. The van der Waals surface area contributed by atoms with E-state index in [0.717, 1.165) is 17.8 Å². The van der Waals surface area contributed by atoms with Crippen molar-refractivity contribution < 1.29 is 8.42 Å². The lowest BCUT2D eigenvalue weighted by atomic mass is 9.88. The van der Waals surface area contributed by atoms with E-state index >= 15 is 0 Å². The largest absolute Gasteiger partial charge is 0.264 e. The summed E-state index contributed by atoms with van der Waals surface area (Å²) in [5, 5.41) is 0.779. The van der Waals surface area contributed by atoms with Gasteiger partial charge in [-0.05, 0) is 49.8 Å². The highest BCUT2D eigenvalue weighted by molar-refractivity contribution is 7.91. The molecule has 2 aromatic rings. The van der Waals surface area contributed by atoms with Gasteiger partial charge in [-0.25, -0.2) is 13.4 Å². The molecular formula is C15H19N3O2S2. The zero-order valence-electron chi connectivity index (χ0n) is 12.7. The van der Waals surface area contributed by atoms with Crippen molar-refractivity contribution in [2.24, 2.45) is 0 Å². The molecule has 0 radical (unpaired) electrons. The standard InChI is InChI=1S/C15H19N3O2S2/c1-11-9-16-6-3-14(11)13-4-7-18(8-5-13)22(19,20)15-10-17-12(2)21-15/h3,6,9-10,13H,4-5,7-8H2,1-2H3. The van der Waals surface area contributed by atoms with Gasteiger partial charge in [0.05, 0.1) is 11.2 Å². The Balaban J connectivity index is 1.73. The molecule has 1 fully saturated rings. The second-order valence-corrected chi connectivity index (χ2v) is 9.01. The SMILES string of the molecule is Cc1ncc(S(=O)(=O)N2CCC(c3ccncc3C)CC2)s1. The Hall–Kier alpha value is -1.31. The lowest BCUT2D eigenvalue weighted by Gasteiger charge is -2.31. The Morgan fingerprint density at radius 2 is 1.95 bits per heavy atom. The van der Waals surface area contributed by atoms with Gasteiger partial charge in [-0.3, -0.25) is 4.98 Å². The highest BCUT2D eigenvalue weighted by Crippen LogP contribution is 2.32. The third-order valence-corrected chi connectivity index (χ3v) is 7.40. The highest BCUT2D eigenvalue weighted by Gasteiger charge is 2.31. The van der Waals surface area contributed by atoms with Crippen molar-refractivity contribution in [3.05, 3.63) is 40.8 Å². The van der Waals surface area contributed by atoms with Crippen LogP contribution in [0.15, 0.2) is 28.9 Å². The van der Waals surface area contributed by atoms with Crippen LogP contribution in [0.5, 0.6) is 0 Å². The summed E-state index contributed by atoms with van der Waals surface area (Å²) in [6, 6.07) is 2.05. The summed E-state index contributed by atoms with van der Waals surface area (Å²) in [5.41, 5.74) is 2.47. The molecule has 0 atom stereocenters. The molecule has 0 unspecified atom stereocenters. The van der Waals surface area contributed by atoms with Crippen LogP contribution in [-0.4, -0.2) is 35.8 Å². The number of aryl methyl sites for hydroxylation is 2. The fraction of sp³-hybridized carbons (Fsp3) is 0.467. The van der Waals surface area contributed by atoms with Crippen LogP contribution in [0.25, 0.3) is 0 Å². The van der Waals surface area contributed by atoms with Crippen molar-refractivity contribution in [3.8, 4) is 0 Å². The summed E-state index contributed by atoms with van der Waals surface area (Å²) >= 11 is 1.24. The molecule has 1 aliphatic heterocycles. The predicted octanol–water partition coefficient (Wildman–Crippen LogP) is 2.72. The Morgan fingerprint density at radius 1 is 1.23 bits per heavy atom. The van der Waals surface area contributed by atoms with Gasteiger partial charge >= 0.3 is 0 Å². The number of rotatable bonds is 3. The molecule has 1 saturated heterocycles. The maximum atomic E-state index is 12.6. The normalized spacial score (nSPS) is 17.7. The van der Waals surface area contributed by atoms with E-state index in [1.807, 2.05) is 19.3 Å². The van der Waals surface area contributed by atoms with Gasteiger partial charge in [0.1, 0.15) is 0 Å². The lowest BCUT2D eigenvalue weighted by molar-refractivity contribution is 0.319. The predicted molar refractivity (Wildman–Crippen MR) is 86.6 cm³/mol. The van der Waals surface area contributed by atoms with Crippen LogP contribution in [-0.2, 0) is 10.0 Å². The van der Waals surface area contributed by atoms with Gasteiger partial charge in [0, 0.05) is 25.5 Å². The molecule has 0 aromatic carbocycles. The first kappa shape index (κ1) is 15.6. The molecule has 3 heterocycles. The Kier molecular flexibility index (Phi) is 4.29. The molecule has 0 bridgehead atoms. The van der Waals surface area contributed by atoms with Gasteiger partial charge in [0.2, 0.25) is 0 Å². The van der Waals surface area contributed by atoms with Crippen molar-refractivity contribution in [3.63, 3.8) is 0 Å². The molecule has 3 rings (SSSR count). The van der Waals surface area contributed by atoms with Gasteiger partial charge in [0.25, 0.3) is 10.0 Å². The monoisotopic (exact) mass is 337 g/mol. The van der Waals surface area contributed by atoms with Crippen molar-refractivity contribution in [2.75, 3.05) is 13.1 Å². The van der Waals surface area contributed by atoms with Crippen LogP contribution in [0.1, 0.15) is 34.9 Å². The maximum absolute atomic E-state index is 12.6. The van der Waals surface area contributed by atoms with Crippen LogP contribution in [0.4, 0.5) is 0 Å². The summed E-state index contributed by atoms with van der Waals surface area (Å²) in [4.78, 5) is 8.18. The number of pyridine rings is 1. The third-order valence-electron chi connectivity index (χ3n) is 4.15. The zero-order valence-corrected chi connectivity index (χ0v) is 14.3. The maximum Gasteiger partial charge on any atom is 0.254 e. The summed E-state index contributed by atoms with van der Waals surface area (Å²) in [6.07, 6.45) is 6.85. The quantitative estimate of drug-likeness (QED) is 0.864. The molecule has 22 heavy (non-hydrogen) atoms. The first-order chi connectivity index (χ1) is 10.5. The zero-order chi connectivity index (χ0) is 15.7. The van der Waals surface area contributed by atoms with Crippen LogP contribution in [0.2, 0.25) is 0 Å². The van der Waals surface area contributed by atoms with Crippen molar-refractivity contribution in [1.82, 2.24) is 14.3 Å². The minimum absolute atomic E-state index is 0.351. The third kappa shape index (κ3) is 2.93. The topological polar surface area (TPSA) is 63.2 Å². The molecule has 7 heteroatoms. The first-order valence-corrected chi connectivity index (χ1v) is 9.57. The lowest BCUT2D eigenvalue weighted by Crippen LogP contribution is -2.37. The van der Waals surface area contributed by atoms with Crippen LogP contribution in [0.3, 0.4) is 0 Å². The van der Waals surface area contributed by atoms with E-state index in [0.29, 0.717) is 23.2 Å². The second-order valence-electron chi connectivity index (χ2n) is 5.61. The molecule has 118 valence electrons. The number of hydrogen-bond donors (Lipinski definition) is 0. The smallest absolute Gasteiger partial charge is 0.254 e. The molecular weight excluding hydrogens is 318 g/mol. The van der Waals surface area contributed by atoms with Crippen molar-refractivity contribution >= 4 is 21.4 Å². The number of aromatic nitrogens is 2. The molecule has 0 N–H and O–H groups in total. The summed E-state index contributed by atoms with van der Waals surface area (Å²) in [5.74, 6) is 0.414. The van der Waals surface area contributed by atoms with Gasteiger partial charge in [-0.2, -0.15) is 4.31 Å². The molecule has 2 aromatic heterocycles. The van der Waals surface area contributed by atoms with Gasteiger partial charge in [0.15, 0.2) is 4.21 Å². The van der Waals surface area contributed by atoms with Gasteiger partial charge in [-0.1, -0.05) is 0 Å². The van der Waals surface area contributed by atoms with E-state index in [-0.39, 0.29) is 0 Å². The highest BCUT2D eigenvalue weighted by atomic mass is 32.2. The fourth-order valence-corrected chi connectivity index (χ4v) is 5.67. The first-order valence-electron chi connectivity index (χ1n) is 7.31. The van der Waals surface area contributed by atoms with Gasteiger partial charge < -0.3 is 0 Å². The number of sulfonamides is 1. The molecule has 0 saturated carbocycles. The number of hydrogen-bond acceptors (Lipinski definition) is 5. The average molecular weight is 337 g/mol. The van der Waals surface area contributed by atoms with Crippen LogP contribution in [0, 0.1) is 13.8 Å². The Bertz CT molecular complexity index is 763. The molecule has 5 nitrogen and oxygen atoms in total. The molecule has 0 aliphatic carbocycles. The number of piperidine rings is 1. The fourth-order valence-electron chi connectivity index (χ4n) is 2.94. The van der Waals surface area contributed by atoms with E-state index in [2.05, 4.69) is 23.0 Å². The van der Waals surface area contributed by atoms with Crippen molar-refractivity contribution in [2.45, 2.75) is 36.8 Å². The molecule has 0 amide bonds. The minimum atomic E-state index is -3.38.